The van der Waals surface area contributed by atoms with Crippen molar-refractivity contribution in [2.75, 3.05) is 33.2 Å². The summed E-state index contributed by atoms with van der Waals surface area (Å²) in [5.74, 6) is -0.796. The van der Waals surface area contributed by atoms with E-state index in [0.29, 0.717) is 18.7 Å². The van der Waals surface area contributed by atoms with Gasteiger partial charge in [-0.15, -0.1) is 11.3 Å². The number of hydrogen-bond acceptors (Lipinski definition) is 6. The van der Waals surface area contributed by atoms with Crippen LogP contribution in [0.2, 0.25) is 0 Å². The monoisotopic (exact) mass is 418 g/mol. The van der Waals surface area contributed by atoms with Crippen molar-refractivity contribution >= 4 is 32.9 Å². The number of ketones is 2. The van der Waals surface area contributed by atoms with Crippen molar-refractivity contribution in [3.05, 3.63) is 64.3 Å². The van der Waals surface area contributed by atoms with Gasteiger partial charge in [-0.3, -0.25) is 14.3 Å². The number of piperazine rings is 1. The molecule has 2 aliphatic rings. The fourth-order valence-electron chi connectivity index (χ4n) is 3.47. The molecule has 28 heavy (non-hydrogen) atoms. The number of sulfonamides is 1. The maximum absolute atomic E-state index is 13.2. The van der Waals surface area contributed by atoms with Crippen LogP contribution in [0.4, 0.5) is 0 Å². The molecule has 0 atom stereocenters. The Hall–Kier alpha value is -2.49. The van der Waals surface area contributed by atoms with Gasteiger partial charge in [0.2, 0.25) is 11.6 Å². The second-order valence-corrected chi connectivity index (χ2v) is 9.77. The maximum Gasteiger partial charge on any atom is 0.271 e. The number of Topliss-reactive ketones (excluding diaryl/α,β-unsaturated/α-hetero) is 2. The Morgan fingerprint density at radius 3 is 2.25 bits per heavy atom. The van der Waals surface area contributed by atoms with Crippen LogP contribution in [0.15, 0.2) is 57.4 Å². The molecule has 1 aliphatic heterocycles. The Bertz CT molecular complexity index is 1070. The van der Waals surface area contributed by atoms with Crippen molar-refractivity contribution < 1.29 is 22.9 Å². The van der Waals surface area contributed by atoms with Gasteiger partial charge in [0.25, 0.3) is 10.0 Å². The Kier molecular flexibility index (Phi) is 4.82. The van der Waals surface area contributed by atoms with Gasteiger partial charge >= 0.3 is 0 Å². The number of thiophene rings is 1. The minimum atomic E-state index is -3.95. The topological polar surface area (TPSA) is 88.0 Å². The first kappa shape index (κ1) is 18.9. The molecule has 1 saturated heterocycles. The third-order valence-electron chi connectivity index (χ3n) is 5.02. The molecule has 7 nitrogen and oxygen atoms in total. The third-order valence-corrected chi connectivity index (χ3v) is 7.77. The largest absolute Gasteiger partial charge is 0.355 e. The lowest BCUT2D eigenvalue weighted by atomic mass is 9.90. The maximum atomic E-state index is 13.2. The van der Waals surface area contributed by atoms with Gasteiger partial charge < -0.3 is 9.80 Å². The molecule has 2 aromatic rings. The number of quaternary nitrogens is 1. The van der Waals surface area contributed by atoms with Gasteiger partial charge in [0.15, 0.2) is 0 Å². The highest BCUT2D eigenvalue weighted by molar-refractivity contribution is 7.91. The Labute approximate surface area is 167 Å². The van der Waals surface area contributed by atoms with E-state index in [1.165, 1.54) is 11.0 Å². The van der Waals surface area contributed by atoms with Gasteiger partial charge in [-0.05, 0) is 11.4 Å². The Morgan fingerprint density at radius 1 is 1.00 bits per heavy atom. The smallest absolute Gasteiger partial charge is 0.271 e. The zero-order chi connectivity index (χ0) is 19.9. The lowest BCUT2D eigenvalue weighted by molar-refractivity contribution is -0.883. The van der Waals surface area contributed by atoms with Crippen molar-refractivity contribution in [1.82, 2.24) is 9.62 Å². The van der Waals surface area contributed by atoms with Crippen LogP contribution < -0.4 is 9.62 Å². The van der Waals surface area contributed by atoms with E-state index in [1.54, 1.807) is 35.7 Å². The van der Waals surface area contributed by atoms with Gasteiger partial charge in [0.1, 0.15) is 15.6 Å². The van der Waals surface area contributed by atoms with Gasteiger partial charge in [0.05, 0.1) is 33.2 Å². The van der Waals surface area contributed by atoms with Crippen LogP contribution in [-0.4, -0.2) is 58.1 Å². The van der Waals surface area contributed by atoms with Gasteiger partial charge in [0, 0.05) is 11.1 Å². The SMILES string of the molecule is C[NH+]1CCN(C2=C(NS(=O)(=O)c3cccs3)C(=O)c3ccccc3C2=O)CC1. The number of carbonyl (C=O) groups excluding carboxylic acids is 2. The van der Waals surface area contributed by atoms with Crippen LogP contribution >= 0.6 is 11.3 Å². The molecule has 9 heteroatoms. The molecular weight excluding hydrogens is 398 g/mol. The number of carbonyl (C=O) groups is 2. The lowest BCUT2D eigenvalue weighted by Crippen LogP contribution is -3.11. The second-order valence-electron chi connectivity index (χ2n) is 6.91. The third kappa shape index (κ3) is 3.25. The number of nitrogens with zero attached hydrogens (tertiary/aromatic N) is 1. The van der Waals surface area contributed by atoms with Gasteiger partial charge in [-0.1, -0.05) is 30.3 Å². The molecule has 0 radical (unpaired) electrons. The molecule has 0 unspecified atom stereocenters. The van der Waals surface area contributed by atoms with E-state index in [1.807, 2.05) is 4.90 Å². The van der Waals surface area contributed by atoms with Crippen molar-refractivity contribution in [1.29, 1.82) is 0 Å². The molecule has 0 amide bonds. The minimum Gasteiger partial charge on any atom is -0.355 e. The number of nitrogens with one attached hydrogen (secondary N) is 2. The average molecular weight is 419 g/mol. The molecule has 2 heterocycles. The highest BCUT2D eigenvalue weighted by Gasteiger charge is 2.38. The number of rotatable bonds is 4. The van der Waals surface area contributed by atoms with Crippen molar-refractivity contribution in [2.45, 2.75) is 4.21 Å². The molecule has 2 N–H and O–H groups in total. The number of hydrogen-bond donors (Lipinski definition) is 2. The number of allylic oxidation sites excluding steroid dienone is 2. The van der Waals surface area contributed by atoms with E-state index in [-0.39, 0.29) is 26.9 Å². The van der Waals surface area contributed by atoms with Gasteiger partial charge in [-0.2, -0.15) is 0 Å². The van der Waals surface area contributed by atoms with E-state index in [9.17, 15) is 18.0 Å². The standard InChI is InChI=1S/C19H19N3O4S2/c1-21-8-10-22(11-9-21)17-16(20-28(25,26)15-7-4-12-27-15)18(23)13-5-2-3-6-14(13)19(17)24/h2-7,12,20H,8-11H2,1H3/p+1. The van der Waals surface area contributed by atoms with E-state index in [0.717, 1.165) is 24.4 Å². The number of benzene rings is 1. The number of fused-ring (bicyclic) bond motifs is 1. The van der Waals surface area contributed by atoms with E-state index < -0.39 is 15.8 Å². The quantitative estimate of drug-likeness (QED) is 0.738. The van der Waals surface area contributed by atoms with Crippen molar-refractivity contribution in [3.8, 4) is 0 Å². The zero-order valence-corrected chi connectivity index (χ0v) is 16.9. The van der Waals surface area contributed by atoms with Crippen LogP contribution in [-0.2, 0) is 10.0 Å². The molecule has 0 spiro atoms. The summed E-state index contributed by atoms with van der Waals surface area (Å²) < 4.78 is 28.1. The molecule has 1 aromatic carbocycles. The minimum absolute atomic E-state index is 0.0984. The summed E-state index contributed by atoms with van der Waals surface area (Å²) >= 11 is 1.06. The predicted molar refractivity (Wildman–Crippen MR) is 105 cm³/mol. The first-order valence-corrected chi connectivity index (χ1v) is 11.3. The highest BCUT2D eigenvalue weighted by atomic mass is 32.2. The summed E-state index contributed by atoms with van der Waals surface area (Å²) in [6.45, 7) is 2.76. The summed E-state index contributed by atoms with van der Waals surface area (Å²) in [5.41, 5.74) is 0.528. The van der Waals surface area contributed by atoms with E-state index in [4.69, 9.17) is 0 Å². The van der Waals surface area contributed by atoms with Crippen LogP contribution in [0, 0.1) is 0 Å². The lowest BCUT2D eigenvalue weighted by Gasteiger charge is -2.35. The Balaban J connectivity index is 1.82. The fourth-order valence-corrected chi connectivity index (χ4v) is 5.54. The normalized spacial score (nSPS) is 18.4. The molecule has 146 valence electrons. The summed E-state index contributed by atoms with van der Waals surface area (Å²) in [6.07, 6.45) is 0. The second kappa shape index (κ2) is 7.16. The van der Waals surface area contributed by atoms with Gasteiger partial charge in [-0.25, -0.2) is 8.42 Å². The number of likely N-dealkylation sites (N-methyl/N-ethyl adjacent to an activating group) is 1. The molecule has 1 fully saturated rings. The summed E-state index contributed by atoms with van der Waals surface area (Å²) in [7, 11) is -1.89. The van der Waals surface area contributed by atoms with Crippen LogP contribution in [0.25, 0.3) is 0 Å². The average Bonchev–Trinajstić information content (AvgIpc) is 3.23. The van der Waals surface area contributed by atoms with Crippen LogP contribution in [0.3, 0.4) is 0 Å². The van der Waals surface area contributed by atoms with E-state index in [2.05, 4.69) is 11.8 Å². The Morgan fingerprint density at radius 2 is 1.64 bits per heavy atom. The molecule has 0 saturated carbocycles. The summed E-state index contributed by atoms with van der Waals surface area (Å²) in [6, 6.07) is 9.63. The van der Waals surface area contributed by atoms with E-state index >= 15 is 0 Å². The first-order chi connectivity index (χ1) is 13.4. The summed E-state index contributed by atoms with van der Waals surface area (Å²) in [4.78, 5) is 29.6. The molecule has 1 aromatic heterocycles. The predicted octanol–water partition coefficient (Wildman–Crippen LogP) is 0.148. The fraction of sp³-hybridized carbons (Fsp3) is 0.263. The molecule has 1 aliphatic carbocycles. The zero-order valence-electron chi connectivity index (χ0n) is 15.3. The summed E-state index contributed by atoms with van der Waals surface area (Å²) in [5, 5.41) is 1.65. The molecule has 0 bridgehead atoms. The highest BCUT2D eigenvalue weighted by Crippen LogP contribution is 2.29. The first-order valence-electron chi connectivity index (χ1n) is 8.94. The van der Waals surface area contributed by atoms with Crippen molar-refractivity contribution in [2.24, 2.45) is 0 Å². The van der Waals surface area contributed by atoms with Crippen LogP contribution in [0.5, 0.6) is 0 Å². The van der Waals surface area contributed by atoms with Crippen LogP contribution in [0.1, 0.15) is 20.7 Å². The molecule has 4 rings (SSSR count). The van der Waals surface area contributed by atoms with Crippen molar-refractivity contribution in [3.63, 3.8) is 0 Å². The molecular formula is C19H20N3O4S2+.